The molecule has 0 fully saturated rings. The minimum absolute atomic E-state index is 1.08. The fourth-order valence-electron chi connectivity index (χ4n) is 5.91. The van der Waals surface area contributed by atoms with E-state index in [-0.39, 0.29) is 0 Å². The standard InChI is InChI=1S/C36H26/c1-2-11-25(12-3-1)26-21-23-28(24-22-26)35-31-16-6-8-18-33(31)36(34-19-9-7-17-32(34)35)30-20-10-14-27-13-4-5-15-29(27)30/h1-9,11-13,15-24H,10,14H2. The molecule has 0 aromatic heterocycles. The van der Waals surface area contributed by atoms with Crippen molar-refractivity contribution in [3.63, 3.8) is 0 Å². The third kappa shape index (κ3) is 3.38. The van der Waals surface area contributed by atoms with Crippen LogP contribution in [0.5, 0.6) is 0 Å². The third-order valence-electron chi connectivity index (χ3n) is 7.55. The van der Waals surface area contributed by atoms with Crippen LogP contribution in [0.2, 0.25) is 0 Å². The molecule has 6 aromatic rings. The molecule has 0 atom stereocenters. The van der Waals surface area contributed by atoms with Crippen LogP contribution in [0.1, 0.15) is 23.1 Å². The molecule has 0 nitrogen and oxygen atoms in total. The van der Waals surface area contributed by atoms with Gasteiger partial charge < -0.3 is 0 Å². The van der Waals surface area contributed by atoms with E-state index >= 15 is 0 Å². The number of allylic oxidation sites excluding steroid dienone is 1. The zero-order valence-electron chi connectivity index (χ0n) is 20.1. The van der Waals surface area contributed by atoms with Gasteiger partial charge in [0.25, 0.3) is 0 Å². The van der Waals surface area contributed by atoms with Gasteiger partial charge in [-0.25, -0.2) is 0 Å². The number of rotatable bonds is 3. The molecule has 0 heterocycles. The van der Waals surface area contributed by atoms with Crippen LogP contribution in [0.15, 0.2) is 133 Å². The molecule has 0 amide bonds. The van der Waals surface area contributed by atoms with Crippen LogP contribution in [0.25, 0.3) is 49.4 Å². The van der Waals surface area contributed by atoms with Gasteiger partial charge in [-0.3, -0.25) is 0 Å². The summed E-state index contributed by atoms with van der Waals surface area (Å²) in [5.41, 5.74) is 10.6. The Balaban J connectivity index is 1.50. The molecular formula is C36H26. The van der Waals surface area contributed by atoms with Crippen LogP contribution in [-0.4, -0.2) is 0 Å². The third-order valence-corrected chi connectivity index (χ3v) is 7.55. The van der Waals surface area contributed by atoms with Gasteiger partial charge in [0.05, 0.1) is 0 Å². The Morgan fingerprint density at radius 2 is 0.889 bits per heavy atom. The Kier molecular flexibility index (Phi) is 5.03. The van der Waals surface area contributed by atoms with Crippen molar-refractivity contribution in [2.24, 2.45) is 0 Å². The summed E-state index contributed by atoms with van der Waals surface area (Å²) in [5, 5.41) is 5.26. The van der Waals surface area contributed by atoms with Crippen molar-refractivity contribution in [1.29, 1.82) is 0 Å². The molecule has 0 saturated heterocycles. The summed E-state index contributed by atoms with van der Waals surface area (Å²) < 4.78 is 0. The van der Waals surface area contributed by atoms with Gasteiger partial charge in [0.15, 0.2) is 0 Å². The van der Waals surface area contributed by atoms with Crippen LogP contribution in [0, 0.1) is 0 Å². The zero-order valence-corrected chi connectivity index (χ0v) is 20.1. The second kappa shape index (κ2) is 8.66. The lowest BCUT2D eigenvalue weighted by Gasteiger charge is -2.23. The van der Waals surface area contributed by atoms with E-state index in [9.17, 15) is 0 Å². The van der Waals surface area contributed by atoms with E-state index in [0.29, 0.717) is 0 Å². The molecule has 0 aliphatic heterocycles. The van der Waals surface area contributed by atoms with E-state index in [2.05, 4.69) is 133 Å². The van der Waals surface area contributed by atoms with Crippen molar-refractivity contribution >= 4 is 27.1 Å². The fourth-order valence-corrected chi connectivity index (χ4v) is 5.91. The van der Waals surface area contributed by atoms with Crippen LogP contribution >= 0.6 is 0 Å². The van der Waals surface area contributed by atoms with Crippen molar-refractivity contribution in [2.75, 3.05) is 0 Å². The first-order chi connectivity index (χ1) is 17.9. The van der Waals surface area contributed by atoms with E-state index in [1.54, 1.807) is 0 Å². The maximum absolute atomic E-state index is 2.45. The number of hydrogen-bond donors (Lipinski definition) is 0. The normalized spacial score (nSPS) is 12.9. The Labute approximate surface area is 212 Å². The molecule has 0 bridgehead atoms. The van der Waals surface area contributed by atoms with Crippen molar-refractivity contribution < 1.29 is 0 Å². The Morgan fingerprint density at radius 1 is 0.389 bits per heavy atom. The van der Waals surface area contributed by atoms with E-state index in [1.165, 1.54) is 66.1 Å². The molecule has 7 rings (SSSR count). The Morgan fingerprint density at radius 3 is 1.56 bits per heavy atom. The monoisotopic (exact) mass is 458 g/mol. The molecule has 0 unspecified atom stereocenters. The molecule has 6 aromatic carbocycles. The first kappa shape index (κ1) is 20.9. The van der Waals surface area contributed by atoms with Crippen molar-refractivity contribution in [3.05, 3.63) is 150 Å². The molecule has 0 N–H and O–H groups in total. The Hall–Kier alpha value is -4.42. The number of aryl methyl sites for hydroxylation is 1. The maximum atomic E-state index is 2.45. The molecule has 0 radical (unpaired) electrons. The van der Waals surface area contributed by atoms with Gasteiger partial charge in [-0.15, -0.1) is 0 Å². The summed E-state index contributed by atoms with van der Waals surface area (Å²) in [5.74, 6) is 0. The first-order valence-electron chi connectivity index (χ1n) is 12.8. The largest absolute Gasteiger partial charge is 0.0757 e. The van der Waals surface area contributed by atoms with Gasteiger partial charge in [0.1, 0.15) is 0 Å². The van der Waals surface area contributed by atoms with Gasteiger partial charge in [-0.1, -0.05) is 133 Å². The summed E-state index contributed by atoms with van der Waals surface area (Å²) in [6.45, 7) is 0. The van der Waals surface area contributed by atoms with E-state index in [1.807, 2.05) is 0 Å². The van der Waals surface area contributed by atoms with Gasteiger partial charge in [0.2, 0.25) is 0 Å². The Bertz CT molecular complexity index is 1700. The van der Waals surface area contributed by atoms with Gasteiger partial charge in [-0.2, -0.15) is 0 Å². The summed E-state index contributed by atoms with van der Waals surface area (Å²) in [6, 6.07) is 46.5. The van der Waals surface area contributed by atoms with Gasteiger partial charge in [-0.05, 0) is 78.9 Å². The maximum Gasteiger partial charge on any atom is -0.00235 e. The molecule has 36 heavy (non-hydrogen) atoms. The molecule has 1 aliphatic carbocycles. The van der Waals surface area contributed by atoms with Crippen LogP contribution in [0.3, 0.4) is 0 Å². The second-order valence-corrected chi connectivity index (χ2v) is 9.60. The SMILES string of the molecule is C1=C(c2c3ccccc3c(-c3ccc(-c4ccccc4)cc3)c3ccccc23)c2ccccc2CC1. The average molecular weight is 459 g/mol. The number of benzene rings is 6. The molecule has 170 valence electrons. The lowest BCUT2D eigenvalue weighted by atomic mass is 9.80. The average Bonchev–Trinajstić information content (AvgIpc) is 2.96. The molecular weight excluding hydrogens is 432 g/mol. The molecule has 0 spiro atoms. The molecule has 0 saturated carbocycles. The van der Waals surface area contributed by atoms with Gasteiger partial charge in [0, 0.05) is 0 Å². The topological polar surface area (TPSA) is 0 Å². The second-order valence-electron chi connectivity index (χ2n) is 9.60. The highest BCUT2D eigenvalue weighted by Gasteiger charge is 2.21. The molecule has 0 heteroatoms. The minimum Gasteiger partial charge on any atom is -0.0757 e. The first-order valence-corrected chi connectivity index (χ1v) is 12.8. The lowest BCUT2D eigenvalue weighted by molar-refractivity contribution is 0.978. The van der Waals surface area contributed by atoms with E-state index in [0.717, 1.165) is 12.8 Å². The lowest BCUT2D eigenvalue weighted by Crippen LogP contribution is -2.02. The number of fused-ring (bicyclic) bond motifs is 3. The zero-order chi connectivity index (χ0) is 23.9. The highest BCUT2D eigenvalue weighted by Crippen LogP contribution is 2.45. The highest BCUT2D eigenvalue weighted by atomic mass is 14.2. The summed E-state index contributed by atoms with van der Waals surface area (Å²) in [6.07, 6.45) is 4.64. The van der Waals surface area contributed by atoms with E-state index < -0.39 is 0 Å². The van der Waals surface area contributed by atoms with Crippen molar-refractivity contribution in [3.8, 4) is 22.3 Å². The van der Waals surface area contributed by atoms with Crippen LogP contribution < -0.4 is 0 Å². The van der Waals surface area contributed by atoms with Gasteiger partial charge >= 0.3 is 0 Å². The summed E-state index contributed by atoms with van der Waals surface area (Å²) in [7, 11) is 0. The van der Waals surface area contributed by atoms with Crippen LogP contribution in [-0.2, 0) is 6.42 Å². The van der Waals surface area contributed by atoms with Crippen LogP contribution in [0.4, 0.5) is 0 Å². The quantitative estimate of drug-likeness (QED) is 0.232. The predicted molar refractivity (Wildman–Crippen MR) is 154 cm³/mol. The van der Waals surface area contributed by atoms with Crippen molar-refractivity contribution in [2.45, 2.75) is 12.8 Å². The number of hydrogen-bond acceptors (Lipinski definition) is 0. The summed E-state index contributed by atoms with van der Waals surface area (Å²) in [4.78, 5) is 0. The smallest absolute Gasteiger partial charge is 0.00235 e. The highest BCUT2D eigenvalue weighted by molar-refractivity contribution is 6.20. The minimum atomic E-state index is 1.08. The van der Waals surface area contributed by atoms with E-state index in [4.69, 9.17) is 0 Å². The predicted octanol–water partition coefficient (Wildman–Crippen LogP) is 9.70. The summed E-state index contributed by atoms with van der Waals surface area (Å²) >= 11 is 0. The fraction of sp³-hybridized carbons (Fsp3) is 0.0556. The molecule has 1 aliphatic rings. The van der Waals surface area contributed by atoms with Crippen molar-refractivity contribution in [1.82, 2.24) is 0 Å².